The van der Waals surface area contributed by atoms with Crippen LogP contribution >= 0.6 is 15.9 Å². The average molecular weight is 361 g/mol. The van der Waals surface area contributed by atoms with E-state index >= 15 is 0 Å². The van der Waals surface area contributed by atoms with Gasteiger partial charge in [0.25, 0.3) is 0 Å². The van der Waals surface area contributed by atoms with Gasteiger partial charge < -0.3 is 14.8 Å². The Hall–Kier alpha value is -2.03. The summed E-state index contributed by atoms with van der Waals surface area (Å²) in [4.78, 5) is 0. The number of benzene rings is 2. The largest absolute Gasteiger partial charge is 0.497 e. The monoisotopic (exact) mass is 360 g/mol. The van der Waals surface area contributed by atoms with Crippen LogP contribution in [0.1, 0.15) is 11.1 Å². The van der Waals surface area contributed by atoms with Gasteiger partial charge in [0.1, 0.15) is 5.75 Å². The number of nitrogens with one attached hydrogen (secondary N) is 1. The highest BCUT2D eigenvalue weighted by Crippen LogP contribution is 2.23. The fraction of sp³-hybridized carbons (Fsp3) is 0.235. The van der Waals surface area contributed by atoms with Crippen molar-refractivity contribution in [2.75, 3.05) is 25.6 Å². The fourth-order valence-electron chi connectivity index (χ4n) is 1.90. The predicted octanol–water partition coefficient (Wildman–Crippen LogP) is 3.96. The summed E-state index contributed by atoms with van der Waals surface area (Å²) in [7, 11) is 1.65. The molecule has 0 fully saturated rings. The minimum atomic E-state index is 0.570. The smallest absolute Gasteiger partial charge is 0.118 e. The van der Waals surface area contributed by atoms with Crippen LogP contribution in [-0.2, 0) is 11.3 Å². The van der Waals surface area contributed by atoms with Gasteiger partial charge in [-0.25, -0.2) is 0 Å². The lowest BCUT2D eigenvalue weighted by Crippen LogP contribution is -2.09. The zero-order valence-corrected chi connectivity index (χ0v) is 13.9. The van der Waals surface area contributed by atoms with E-state index in [4.69, 9.17) is 14.7 Å². The summed E-state index contributed by atoms with van der Waals surface area (Å²) < 4.78 is 11.6. The van der Waals surface area contributed by atoms with Crippen LogP contribution in [0.25, 0.3) is 0 Å². The van der Waals surface area contributed by atoms with Crippen molar-refractivity contribution in [2.24, 2.45) is 0 Å². The number of ether oxygens (including phenoxy) is 2. The van der Waals surface area contributed by atoms with Crippen LogP contribution in [0, 0.1) is 11.3 Å². The van der Waals surface area contributed by atoms with Crippen molar-refractivity contribution in [1.29, 1.82) is 5.26 Å². The lowest BCUT2D eigenvalue weighted by atomic mass is 10.2. The number of hydrogen-bond acceptors (Lipinski definition) is 4. The second kappa shape index (κ2) is 8.42. The van der Waals surface area contributed by atoms with E-state index in [0.717, 1.165) is 21.5 Å². The summed E-state index contributed by atoms with van der Waals surface area (Å²) in [5, 5.41) is 12.1. The molecule has 5 heteroatoms. The first-order chi connectivity index (χ1) is 10.7. The van der Waals surface area contributed by atoms with Crippen LogP contribution in [0.2, 0.25) is 0 Å². The molecular weight excluding hydrogens is 344 g/mol. The average Bonchev–Trinajstić information content (AvgIpc) is 2.56. The number of hydrogen-bond donors (Lipinski definition) is 1. The van der Waals surface area contributed by atoms with E-state index in [-0.39, 0.29) is 0 Å². The van der Waals surface area contributed by atoms with Gasteiger partial charge >= 0.3 is 0 Å². The molecule has 0 aliphatic rings. The first-order valence-corrected chi connectivity index (χ1v) is 7.66. The van der Waals surface area contributed by atoms with Crippen molar-refractivity contribution in [2.45, 2.75) is 6.61 Å². The summed E-state index contributed by atoms with van der Waals surface area (Å²) in [6, 6.07) is 15.4. The van der Waals surface area contributed by atoms with Gasteiger partial charge in [0.05, 0.1) is 32.0 Å². The molecule has 2 rings (SSSR count). The third kappa shape index (κ3) is 4.76. The molecule has 22 heavy (non-hydrogen) atoms. The summed E-state index contributed by atoms with van der Waals surface area (Å²) >= 11 is 3.44. The van der Waals surface area contributed by atoms with Crippen molar-refractivity contribution in [3.63, 3.8) is 0 Å². The maximum atomic E-state index is 8.82. The van der Waals surface area contributed by atoms with Gasteiger partial charge in [-0.1, -0.05) is 12.1 Å². The Kier molecular flexibility index (Phi) is 6.26. The highest BCUT2D eigenvalue weighted by molar-refractivity contribution is 9.10. The second-order valence-corrected chi connectivity index (χ2v) is 5.49. The Morgan fingerprint density at radius 1 is 1.18 bits per heavy atom. The van der Waals surface area contributed by atoms with E-state index in [0.29, 0.717) is 25.3 Å². The van der Waals surface area contributed by atoms with Gasteiger partial charge in [0, 0.05) is 16.7 Å². The molecule has 0 amide bonds. The second-order valence-electron chi connectivity index (χ2n) is 4.63. The zero-order valence-electron chi connectivity index (χ0n) is 12.3. The number of anilines is 1. The molecule has 0 aromatic heterocycles. The molecule has 0 aliphatic heterocycles. The van der Waals surface area contributed by atoms with E-state index in [1.165, 1.54) is 0 Å². The Labute approximate surface area is 138 Å². The molecule has 2 aromatic rings. The summed E-state index contributed by atoms with van der Waals surface area (Å²) in [6.07, 6.45) is 0. The lowest BCUT2D eigenvalue weighted by Gasteiger charge is -2.09. The Bertz CT molecular complexity index is 651. The third-order valence-electron chi connectivity index (χ3n) is 3.09. The highest BCUT2D eigenvalue weighted by Gasteiger charge is 2.01. The summed E-state index contributed by atoms with van der Waals surface area (Å²) in [5.41, 5.74) is 2.69. The van der Waals surface area contributed by atoms with Gasteiger partial charge in [0.2, 0.25) is 0 Å². The lowest BCUT2D eigenvalue weighted by molar-refractivity contribution is 0.130. The highest BCUT2D eigenvalue weighted by atomic mass is 79.9. The molecular formula is C17H17BrN2O2. The van der Waals surface area contributed by atoms with Gasteiger partial charge in [-0.15, -0.1) is 0 Å². The molecule has 0 heterocycles. The molecule has 0 aliphatic carbocycles. The van der Waals surface area contributed by atoms with Gasteiger partial charge in [-0.2, -0.15) is 5.26 Å². The molecule has 114 valence electrons. The molecule has 2 aromatic carbocycles. The summed E-state index contributed by atoms with van der Waals surface area (Å²) in [6.45, 7) is 1.86. The van der Waals surface area contributed by atoms with E-state index in [1.54, 1.807) is 19.2 Å². The molecule has 0 saturated heterocycles. The molecule has 1 N–H and O–H groups in total. The number of nitriles is 1. The van der Waals surface area contributed by atoms with E-state index in [1.807, 2.05) is 30.3 Å². The van der Waals surface area contributed by atoms with Crippen LogP contribution in [0.5, 0.6) is 5.75 Å². The summed E-state index contributed by atoms with van der Waals surface area (Å²) in [5.74, 6) is 0.844. The maximum Gasteiger partial charge on any atom is 0.118 e. The number of rotatable bonds is 7. The molecule has 0 spiro atoms. The van der Waals surface area contributed by atoms with Crippen molar-refractivity contribution in [3.05, 3.63) is 58.1 Å². The van der Waals surface area contributed by atoms with E-state index < -0.39 is 0 Å². The van der Waals surface area contributed by atoms with Gasteiger partial charge in [0.15, 0.2) is 0 Å². The quantitative estimate of drug-likeness (QED) is 0.759. The van der Waals surface area contributed by atoms with Crippen LogP contribution in [0.3, 0.4) is 0 Å². The minimum Gasteiger partial charge on any atom is -0.497 e. The minimum absolute atomic E-state index is 0.570. The van der Waals surface area contributed by atoms with Crippen LogP contribution in [0.4, 0.5) is 5.69 Å². The van der Waals surface area contributed by atoms with Gasteiger partial charge in [-0.05, 0) is 51.8 Å². The molecule has 0 saturated carbocycles. The van der Waals surface area contributed by atoms with E-state index in [2.05, 4.69) is 27.3 Å². The molecule has 0 radical (unpaired) electrons. The van der Waals surface area contributed by atoms with Crippen molar-refractivity contribution < 1.29 is 9.47 Å². The first-order valence-electron chi connectivity index (χ1n) is 6.87. The molecule has 0 atom stereocenters. The number of nitrogens with zero attached hydrogens (tertiary/aromatic N) is 1. The SMILES string of the molecule is COc1ccc(COCCNc2ccc(C#N)cc2Br)cc1. The van der Waals surface area contributed by atoms with Crippen LogP contribution in [-0.4, -0.2) is 20.3 Å². The molecule has 4 nitrogen and oxygen atoms in total. The van der Waals surface area contributed by atoms with Crippen molar-refractivity contribution in [1.82, 2.24) is 0 Å². The van der Waals surface area contributed by atoms with Crippen LogP contribution in [0.15, 0.2) is 46.9 Å². The third-order valence-corrected chi connectivity index (χ3v) is 3.74. The first kappa shape index (κ1) is 16.3. The zero-order chi connectivity index (χ0) is 15.8. The van der Waals surface area contributed by atoms with Gasteiger partial charge in [-0.3, -0.25) is 0 Å². The topological polar surface area (TPSA) is 54.3 Å². The fourth-order valence-corrected chi connectivity index (χ4v) is 2.42. The molecule has 0 bridgehead atoms. The molecule has 0 unspecified atom stereocenters. The number of methoxy groups -OCH3 is 1. The van der Waals surface area contributed by atoms with E-state index in [9.17, 15) is 0 Å². The Morgan fingerprint density at radius 3 is 2.59 bits per heavy atom. The standard InChI is InChI=1S/C17H17BrN2O2/c1-21-15-5-2-13(3-6-15)12-22-9-8-20-17-7-4-14(11-19)10-16(17)18/h2-7,10,20H,8-9,12H2,1H3. The predicted molar refractivity (Wildman–Crippen MR) is 90.0 cm³/mol. The normalized spacial score (nSPS) is 10.0. The van der Waals surface area contributed by atoms with Crippen LogP contribution < -0.4 is 10.1 Å². The maximum absolute atomic E-state index is 8.82. The van der Waals surface area contributed by atoms with Crippen molar-refractivity contribution >= 4 is 21.6 Å². The Balaban J connectivity index is 1.72. The Morgan fingerprint density at radius 2 is 1.95 bits per heavy atom. The number of halogens is 1. The van der Waals surface area contributed by atoms with Crippen molar-refractivity contribution in [3.8, 4) is 11.8 Å².